The maximum Gasteiger partial charge on any atom is 0.338 e. The first-order chi connectivity index (χ1) is 16.9. The summed E-state index contributed by atoms with van der Waals surface area (Å²) < 4.78 is 20.6. The molecule has 2 aromatic rings. The van der Waals surface area contributed by atoms with Crippen LogP contribution in [0.4, 0.5) is 5.69 Å². The van der Waals surface area contributed by atoms with Crippen LogP contribution < -0.4 is 10.1 Å². The van der Waals surface area contributed by atoms with Gasteiger partial charge >= 0.3 is 17.9 Å². The summed E-state index contributed by atoms with van der Waals surface area (Å²) in [5.74, 6) is -1.98. The second-order valence-electron chi connectivity index (χ2n) is 7.44. The molecule has 0 spiro atoms. The topological polar surface area (TPSA) is 117 Å². The van der Waals surface area contributed by atoms with E-state index in [1.807, 2.05) is 0 Å². The number of esters is 3. The minimum absolute atomic E-state index is 0.0710. The molecule has 1 amide bonds. The molecule has 0 bridgehead atoms. The van der Waals surface area contributed by atoms with Gasteiger partial charge in [0.25, 0.3) is 5.91 Å². The Bertz CT molecular complexity index is 980. The predicted molar refractivity (Wildman–Crippen MR) is 129 cm³/mol. The van der Waals surface area contributed by atoms with Gasteiger partial charge in [0.05, 0.1) is 36.5 Å². The van der Waals surface area contributed by atoms with Crippen molar-refractivity contribution in [3.05, 3.63) is 59.2 Å². The number of ether oxygens (including phenoxy) is 4. The molecule has 0 saturated carbocycles. The third kappa shape index (κ3) is 9.11. The standard InChI is InChI=1S/C26H31NO8/c1-4-7-8-13-34-22-11-9-18(10-12-22)24(29)35-17-23(28)27-21-15-19(25(30)32-5-2)14-20(16-21)26(31)33-6-3/h9-12,14-16H,4-8,13,17H2,1-3H3,(H,27,28). The molecular weight excluding hydrogens is 454 g/mol. The van der Waals surface area contributed by atoms with Crippen molar-refractivity contribution in [3.63, 3.8) is 0 Å². The quantitative estimate of drug-likeness (QED) is 0.252. The number of rotatable bonds is 13. The third-order valence-corrected chi connectivity index (χ3v) is 4.68. The van der Waals surface area contributed by atoms with Crippen molar-refractivity contribution < 1.29 is 38.1 Å². The van der Waals surface area contributed by atoms with Gasteiger partial charge in [-0.3, -0.25) is 4.79 Å². The lowest BCUT2D eigenvalue weighted by molar-refractivity contribution is -0.119. The number of amides is 1. The molecule has 0 radical (unpaired) electrons. The molecule has 0 atom stereocenters. The van der Waals surface area contributed by atoms with E-state index in [0.29, 0.717) is 12.4 Å². The summed E-state index contributed by atoms with van der Waals surface area (Å²) in [6.45, 7) is 5.75. The molecule has 0 aromatic heterocycles. The maximum absolute atomic E-state index is 12.3. The van der Waals surface area contributed by atoms with E-state index in [4.69, 9.17) is 18.9 Å². The summed E-state index contributed by atoms with van der Waals surface area (Å²) in [5.41, 5.74) is 0.570. The van der Waals surface area contributed by atoms with E-state index in [9.17, 15) is 19.2 Å². The largest absolute Gasteiger partial charge is 0.494 e. The lowest BCUT2D eigenvalue weighted by Gasteiger charge is -2.11. The Hall–Kier alpha value is -3.88. The summed E-state index contributed by atoms with van der Waals surface area (Å²) in [7, 11) is 0. The van der Waals surface area contributed by atoms with E-state index < -0.39 is 30.4 Å². The van der Waals surface area contributed by atoms with E-state index in [0.717, 1.165) is 19.3 Å². The van der Waals surface area contributed by atoms with Crippen LogP contribution in [0.5, 0.6) is 5.75 Å². The van der Waals surface area contributed by atoms with E-state index >= 15 is 0 Å². The maximum atomic E-state index is 12.3. The zero-order valence-electron chi connectivity index (χ0n) is 20.3. The summed E-state index contributed by atoms with van der Waals surface area (Å²) in [4.78, 5) is 48.9. The van der Waals surface area contributed by atoms with Crippen LogP contribution in [0.1, 0.15) is 71.1 Å². The molecule has 2 aromatic carbocycles. The Morgan fingerprint density at radius 3 is 1.83 bits per heavy atom. The first-order valence-corrected chi connectivity index (χ1v) is 11.6. The fourth-order valence-corrected chi connectivity index (χ4v) is 3.01. The number of anilines is 1. The van der Waals surface area contributed by atoms with Crippen molar-refractivity contribution in [3.8, 4) is 5.75 Å². The molecule has 0 saturated heterocycles. The molecule has 0 unspecified atom stereocenters. The number of carbonyl (C=O) groups is 4. The molecule has 0 fully saturated rings. The van der Waals surface area contributed by atoms with Crippen molar-refractivity contribution in [1.82, 2.24) is 0 Å². The number of nitrogens with one attached hydrogen (secondary N) is 1. The molecule has 2 rings (SSSR count). The fraction of sp³-hybridized carbons (Fsp3) is 0.385. The number of carbonyl (C=O) groups excluding carboxylic acids is 4. The highest BCUT2D eigenvalue weighted by atomic mass is 16.5. The van der Waals surface area contributed by atoms with Crippen LogP contribution in [0.2, 0.25) is 0 Å². The van der Waals surface area contributed by atoms with Crippen LogP contribution in [-0.4, -0.2) is 50.2 Å². The summed E-state index contributed by atoms with van der Waals surface area (Å²) in [6, 6.07) is 10.5. The number of benzene rings is 2. The zero-order valence-corrected chi connectivity index (χ0v) is 20.3. The normalized spacial score (nSPS) is 10.3. The van der Waals surface area contributed by atoms with Crippen LogP contribution in [0.3, 0.4) is 0 Å². The van der Waals surface area contributed by atoms with E-state index in [-0.39, 0.29) is 35.6 Å². The van der Waals surface area contributed by atoms with Crippen molar-refractivity contribution >= 4 is 29.5 Å². The van der Waals surface area contributed by atoms with Gasteiger partial charge in [-0.15, -0.1) is 0 Å². The smallest absolute Gasteiger partial charge is 0.338 e. The highest BCUT2D eigenvalue weighted by Gasteiger charge is 2.17. The van der Waals surface area contributed by atoms with Gasteiger partial charge in [0.2, 0.25) is 0 Å². The Kier molecular flexibility index (Phi) is 11.3. The highest BCUT2D eigenvalue weighted by molar-refractivity contribution is 6.00. The van der Waals surface area contributed by atoms with Gasteiger partial charge in [-0.2, -0.15) is 0 Å². The number of hydrogen-bond acceptors (Lipinski definition) is 8. The van der Waals surface area contributed by atoms with Gasteiger partial charge in [-0.1, -0.05) is 19.8 Å². The van der Waals surface area contributed by atoms with Crippen LogP contribution in [0, 0.1) is 0 Å². The Balaban J connectivity index is 1.97. The summed E-state index contributed by atoms with van der Waals surface area (Å²) >= 11 is 0. The predicted octanol–water partition coefficient (Wildman–Crippen LogP) is 4.40. The molecule has 188 valence electrons. The third-order valence-electron chi connectivity index (χ3n) is 4.68. The molecule has 35 heavy (non-hydrogen) atoms. The van der Waals surface area contributed by atoms with Crippen LogP contribution in [0.25, 0.3) is 0 Å². The van der Waals surface area contributed by atoms with Crippen LogP contribution in [0.15, 0.2) is 42.5 Å². The average molecular weight is 486 g/mol. The Labute approximate surface area is 204 Å². The molecule has 0 aliphatic heterocycles. The number of hydrogen-bond donors (Lipinski definition) is 1. The zero-order chi connectivity index (χ0) is 25.6. The lowest BCUT2D eigenvalue weighted by atomic mass is 10.1. The van der Waals surface area contributed by atoms with Crippen LogP contribution in [-0.2, 0) is 19.0 Å². The van der Waals surface area contributed by atoms with Crippen molar-refractivity contribution in [2.45, 2.75) is 40.0 Å². The van der Waals surface area contributed by atoms with Gasteiger partial charge in [-0.25, -0.2) is 14.4 Å². The molecule has 9 heteroatoms. The summed E-state index contributed by atoms with van der Waals surface area (Å²) in [6.07, 6.45) is 3.15. The van der Waals surface area contributed by atoms with Gasteiger partial charge < -0.3 is 24.3 Å². The average Bonchev–Trinajstić information content (AvgIpc) is 2.85. The molecular formula is C26H31NO8. The molecule has 0 aliphatic carbocycles. The monoisotopic (exact) mass is 485 g/mol. The second-order valence-corrected chi connectivity index (χ2v) is 7.44. The second kappa shape index (κ2) is 14.4. The fourth-order valence-electron chi connectivity index (χ4n) is 3.01. The van der Waals surface area contributed by atoms with Crippen molar-refractivity contribution in [2.75, 3.05) is 31.7 Å². The first-order valence-electron chi connectivity index (χ1n) is 11.6. The summed E-state index contributed by atoms with van der Waals surface area (Å²) in [5, 5.41) is 2.51. The molecule has 9 nitrogen and oxygen atoms in total. The minimum atomic E-state index is -0.676. The molecule has 0 heterocycles. The lowest BCUT2D eigenvalue weighted by Crippen LogP contribution is -2.21. The van der Waals surface area contributed by atoms with Gasteiger partial charge in [-0.05, 0) is 62.7 Å². The minimum Gasteiger partial charge on any atom is -0.494 e. The Morgan fingerprint density at radius 1 is 0.714 bits per heavy atom. The van der Waals surface area contributed by atoms with E-state index in [1.54, 1.807) is 38.1 Å². The van der Waals surface area contributed by atoms with Gasteiger partial charge in [0, 0.05) is 5.69 Å². The number of unbranched alkanes of at least 4 members (excludes halogenated alkanes) is 2. The van der Waals surface area contributed by atoms with Gasteiger partial charge in [0.1, 0.15) is 5.75 Å². The SMILES string of the molecule is CCCCCOc1ccc(C(=O)OCC(=O)Nc2cc(C(=O)OCC)cc(C(=O)OCC)c2)cc1. The van der Waals surface area contributed by atoms with Crippen LogP contribution >= 0.6 is 0 Å². The first kappa shape index (κ1) is 27.4. The van der Waals surface area contributed by atoms with E-state index in [2.05, 4.69) is 12.2 Å². The van der Waals surface area contributed by atoms with Gasteiger partial charge in [0.15, 0.2) is 6.61 Å². The van der Waals surface area contributed by atoms with Crippen molar-refractivity contribution in [1.29, 1.82) is 0 Å². The van der Waals surface area contributed by atoms with E-state index in [1.165, 1.54) is 18.2 Å². The molecule has 1 N–H and O–H groups in total. The highest BCUT2D eigenvalue weighted by Crippen LogP contribution is 2.18. The Morgan fingerprint density at radius 2 is 1.29 bits per heavy atom. The van der Waals surface area contributed by atoms with Crippen molar-refractivity contribution in [2.24, 2.45) is 0 Å². The molecule has 0 aliphatic rings.